The molecule has 12 nitrogen and oxygen atoms in total. The standard InChI is InChI=1S/C34H46N6O6/c1-5-14-25-28(22-15-10-9-11-16-22)38-40(37-25)24-19-27-29(41)36-34(31(43)44)20-23(34)17-12-7-6-8-13-18-26(30(42)39(27)21-24)35-32(45)46-33(2,3)4/h9-12,15-17,23-24,26-27H,5-8,13-14,18-21H2,1-4H3,(H,35,45)(H,36,41)(H,43,44)/b17-12-/t23-,24+,26+,27+,34+/m1/s1. The molecule has 3 aliphatic rings. The maximum absolute atomic E-state index is 14.3. The normalized spacial score (nSPS) is 27.8. The summed E-state index contributed by atoms with van der Waals surface area (Å²) >= 11 is 0. The molecule has 1 aliphatic carbocycles. The molecule has 46 heavy (non-hydrogen) atoms. The van der Waals surface area contributed by atoms with Crippen molar-refractivity contribution in [3.05, 3.63) is 48.2 Å². The molecule has 1 saturated carbocycles. The highest BCUT2D eigenvalue weighted by Gasteiger charge is 2.61. The lowest BCUT2D eigenvalue weighted by Crippen LogP contribution is -2.56. The van der Waals surface area contributed by atoms with E-state index in [0.717, 1.165) is 42.6 Å². The highest BCUT2D eigenvalue weighted by molar-refractivity contribution is 5.96. The number of hydrogen-bond donors (Lipinski definition) is 3. The zero-order valence-corrected chi connectivity index (χ0v) is 27.2. The molecule has 0 unspecified atom stereocenters. The first-order valence-corrected chi connectivity index (χ1v) is 16.4. The summed E-state index contributed by atoms with van der Waals surface area (Å²) in [7, 11) is 0. The molecule has 3 amide bonds. The van der Waals surface area contributed by atoms with Gasteiger partial charge in [0.15, 0.2) is 0 Å². The highest BCUT2D eigenvalue weighted by Crippen LogP contribution is 2.45. The molecular formula is C34H46N6O6. The predicted molar refractivity (Wildman–Crippen MR) is 171 cm³/mol. The van der Waals surface area contributed by atoms with Crippen LogP contribution in [0.25, 0.3) is 11.3 Å². The van der Waals surface area contributed by atoms with E-state index >= 15 is 0 Å². The van der Waals surface area contributed by atoms with E-state index in [1.165, 1.54) is 4.90 Å². The third kappa shape index (κ3) is 7.42. The summed E-state index contributed by atoms with van der Waals surface area (Å²) in [6.07, 6.45) is 8.70. The van der Waals surface area contributed by atoms with Crippen LogP contribution in [0.1, 0.15) is 90.8 Å². The fraction of sp³-hybridized carbons (Fsp3) is 0.588. The van der Waals surface area contributed by atoms with Gasteiger partial charge in [0.05, 0.1) is 11.7 Å². The van der Waals surface area contributed by atoms with Crippen LogP contribution in [-0.2, 0) is 25.5 Å². The van der Waals surface area contributed by atoms with Crippen molar-refractivity contribution in [1.82, 2.24) is 30.5 Å². The van der Waals surface area contributed by atoms with Gasteiger partial charge in [0.2, 0.25) is 11.8 Å². The molecule has 5 rings (SSSR count). The zero-order chi connectivity index (χ0) is 33.1. The van der Waals surface area contributed by atoms with Gasteiger partial charge in [0.25, 0.3) is 0 Å². The van der Waals surface area contributed by atoms with Gasteiger partial charge in [0, 0.05) is 24.4 Å². The largest absolute Gasteiger partial charge is 0.479 e. The molecule has 2 aliphatic heterocycles. The number of carboxylic acid groups (broad SMARTS) is 1. The van der Waals surface area contributed by atoms with Crippen molar-refractivity contribution in [3.63, 3.8) is 0 Å². The predicted octanol–water partition coefficient (Wildman–Crippen LogP) is 4.41. The fourth-order valence-corrected chi connectivity index (χ4v) is 6.44. The second-order valence-corrected chi connectivity index (χ2v) is 13.7. The number of carboxylic acids is 1. The Morgan fingerprint density at radius 3 is 2.59 bits per heavy atom. The number of alkyl carbamates (subject to hydrolysis) is 1. The molecule has 1 aromatic heterocycles. The third-order valence-electron chi connectivity index (χ3n) is 8.89. The van der Waals surface area contributed by atoms with Crippen LogP contribution < -0.4 is 10.6 Å². The van der Waals surface area contributed by atoms with Crippen LogP contribution in [0.2, 0.25) is 0 Å². The van der Waals surface area contributed by atoms with Crippen molar-refractivity contribution >= 4 is 23.9 Å². The minimum Gasteiger partial charge on any atom is -0.479 e. The van der Waals surface area contributed by atoms with Gasteiger partial charge in [-0.25, -0.2) is 9.59 Å². The van der Waals surface area contributed by atoms with Crippen molar-refractivity contribution in [2.24, 2.45) is 5.92 Å². The second kappa shape index (κ2) is 13.6. The van der Waals surface area contributed by atoms with E-state index in [1.54, 1.807) is 25.6 Å². The lowest BCUT2D eigenvalue weighted by Gasteiger charge is -2.30. The Hall–Kier alpha value is -4.22. The molecule has 3 N–H and O–H groups in total. The quantitative estimate of drug-likeness (QED) is 0.395. The number of fused-ring (bicyclic) bond motifs is 2. The van der Waals surface area contributed by atoms with Gasteiger partial charge in [-0.3, -0.25) is 9.59 Å². The van der Waals surface area contributed by atoms with Crippen LogP contribution in [0.3, 0.4) is 0 Å². The number of carbonyl (C=O) groups excluding carboxylic acids is 3. The number of hydrogen-bond acceptors (Lipinski definition) is 7. The van der Waals surface area contributed by atoms with E-state index in [-0.39, 0.29) is 18.9 Å². The lowest BCUT2D eigenvalue weighted by molar-refractivity contribution is -0.145. The number of aryl methyl sites for hydroxylation is 1. The molecule has 0 spiro atoms. The minimum atomic E-state index is -1.41. The molecule has 12 heteroatoms. The van der Waals surface area contributed by atoms with Crippen LogP contribution in [-0.4, -0.2) is 78.6 Å². The number of rotatable bonds is 6. The number of ether oxygens (including phenoxy) is 1. The number of carbonyl (C=O) groups is 4. The SMILES string of the molecule is CCCc1nn([C@H]2C[C@H]3C(=O)N[C@@]4(C(=O)O)C[C@H]4/C=C\CCCCC[C@H](NC(=O)OC(C)(C)C)C(=O)N3C2)nc1-c1ccccc1. The number of aromatic nitrogens is 3. The first kappa shape index (κ1) is 33.2. The van der Waals surface area contributed by atoms with Crippen molar-refractivity contribution in [1.29, 1.82) is 0 Å². The number of amides is 3. The van der Waals surface area contributed by atoms with Crippen molar-refractivity contribution in [2.45, 2.75) is 115 Å². The summed E-state index contributed by atoms with van der Waals surface area (Å²) in [5, 5.41) is 25.4. The van der Waals surface area contributed by atoms with E-state index < -0.39 is 53.1 Å². The molecule has 1 aromatic carbocycles. The Labute approximate surface area is 269 Å². The minimum absolute atomic E-state index is 0.126. The number of nitrogens with zero attached hydrogens (tertiary/aromatic N) is 4. The van der Waals surface area contributed by atoms with Crippen LogP contribution in [0.4, 0.5) is 4.79 Å². The van der Waals surface area contributed by atoms with Crippen molar-refractivity contribution < 1.29 is 29.0 Å². The van der Waals surface area contributed by atoms with Gasteiger partial charge in [-0.15, -0.1) is 0 Å². The van der Waals surface area contributed by atoms with E-state index in [2.05, 4.69) is 17.6 Å². The zero-order valence-electron chi connectivity index (χ0n) is 27.2. The van der Waals surface area contributed by atoms with Gasteiger partial charge >= 0.3 is 12.1 Å². The maximum Gasteiger partial charge on any atom is 0.408 e. The smallest absolute Gasteiger partial charge is 0.408 e. The van der Waals surface area contributed by atoms with Gasteiger partial charge in [-0.1, -0.05) is 68.7 Å². The summed E-state index contributed by atoms with van der Waals surface area (Å²) in [5.74, 6) is -2.37. The van der Waals surface area contributed by atoms with Gasteiger partial charge < -0.3 is 25.4 Å². The lowest BCUT2D eigenvalue weighted by atomic mass is 10.0. The third-order valence-corrected chi connectivity index (χ3v) is 8.89. The average Bonchev–Trinajstić information content (AvgIpc) is 3.31. The average molecular weight is 635 g/mol. The van der Waals surface area contributed by atoms with E-state index in [9.17, 15) is 24.3 Å². The Bertz CT molecular complexity index is 1470. The number of benzene rings is 1. The molecule has 2 fully saturated rings. The Balaban J connectivity index is 1.48. The first-order chi connectivity index (χ1) is 21.9. The van der Waals surface area contributed by atoms with Gasteiger partial charge in [-0.2, -0.15) is 15.0 Å². The number of allylic oxidation sites excluding steroid dienone is 1. The van der Waals surface area contributed by atoms with E-state index in [4.69, 9.17) is 14.9 Å². The van der Waals surface area contributed by atoms with E-state index in [0.29, 0.717) is 25.7 Å². The van der Waals surface area contributed by atoms with Gasteiger partial charge in [-0.05, 0) is 52.9 Å². The van der Waals surface area contributed by atoms with Crippen LogP contribution >= 0.6 is 0 Å². The molecule has 3 heterocycles. The summed E-state index contributed by atoms with van der Waals surface area (Å²) in [5.41, 5.74) is 0.343. The molecular weight excluding hydrogens is 588 g/mol. The fourth-order valence-electron chi connectivity index (χ4n) is 6.44. The van der Waals surface area contributed by atoms with Crippen molar-refractivity contribution in [2.75, 3.05) is 6.54 Å². The summed E-state index contributed by atoms with van der Waals surface area (Å²) in [4.78, 5) is 56.6. The van der Waals surface area contributed by atoms with Crippen LogP contribution in [0.15, 0.2) is 42.5 Å². The maximum atomic E-state index is 14.3. The molecule has 1 saturated heterocycles. The topological polar surface area (TPSA) is 156 Å². The second-order valence-electron chi connectivity index (χ2n) is 13.7. The first-order valence-electron chi connectivity index (χ1n) is 16.4. The summed E-state index contributed by atoms with van der Waals surface area (Å²) < 4.78 is 5.48. The monoisotopic (exact) mass is 634 g/mol. The van der Waals surface area contributed by atoms with Crippen molar-refractivity contribution in [3.8, 4) is 11.3 Å². The number of nitrogens with one attached hydrogen (secondary N) is 2. The van der Waals surface area contributed by atoms with Crippen LogP contribution in [0, 0.1) is 5.92 Å². The Morgan fingerprint density at radius 1 is 1.13 bits per heavy atom. The van der Waals surface area contributed by atoms with Gasteiger partial charge in [0.1, 0.15) is 28.9 Å². The summed E-state index contributed by atoms with van der Waals surface area (Å²) in [6, 6.07) is 7.42. The Morgan fingerprint density at radius 2 is 1.89 bits per heavy atom. The molecule has 0 bridgehead atoms. The Kier molecular flexibility index (Phi) is 9.83. The molecule has 0 radical (unpaired) electrons. The van der Waals surface area contributed by atoms with E-state index in [1.807, 2.05) is 42.5 Å². The summed E-state index contributed by atoms with van der Waals surface area (Å²) in [6.45, 7) is 7.45. The molecule has 5 atom stereocenters. The van der Waals surface area contributed by atoms with Crippen LogP contribution in [0.5, 0.6) is 0 Å². The highest BCUT2D eigenvalue weighted by atomic mass is 16.6. The number of aliphatic carboxylic acids is 1. The molecule has 248 valence electrons. The molecule has 2 aromatic rings.